The van der Waals surface area contributed by atoms with Crippen molar-refractivity contribution in [3.05, 3.63) is 100 Å². The normalized spacial score (nSPS) is 10.9. The van der Waals surface area contributed by atoms with Gasteiger partial charge in [-0.15, -0.1) is 0 Å². The molecule has 0 aliphatic rings. The monoisotopic (exact) mass is 400 g/mol. The summed E-state index contributed by atoms with van der Waals surface area (Å²) in [5, 5.41) is 12.2. The Morgan fingerprint density at radius 2 is 1.87 bits per heavy atom. The van der Waals surface area contributed by atoms with Gasteiger partial charge in [-0.05, 0) is 60.9 Å². The zero-order valence-electron chi connectivity index (χ0n) is 16.8. The predicted molar refractivity (Wildman–Crippen MR) is 115 cm³/mol. The molecule has 3 aromatic carbocycles. The lowest BCUT2D eigenvalue weighted by molar-refractivity contribution is -0.112. The molecule has 1 N–H and O–H groups in total. The molecule has 30 heavy (non-hydrogen) atoms. The lowest BCUT2D eigenvalue weighted by Gasteiger charge is -2.10. The van der Waals surface area contributed by atoms with Crippen molar-refractivity contribution in [1.82, 2.24) is 0 Å². The van der Waals surface area contributed by atoms with E-state index in [1.54, 1.807) is 48.5 Å². The lowest BCUT2D eigenvalue weighted by atomic mass is 10.1. The summed E-state index contributed by atoms with van der Waals surface area (Å²) in [5.41, 5.74) is 3.73. The molecule has 0 aromatic heterocycles. The van der Waals surface area contributed by atoms with Gasteiger partial charge in [0, 0.05) is 11.3 Å². The van der Waals surface area contributed by atoms with Crippen LogP contribution in [0.2, 0.25) is 0 Å². The van der Waals surface area contributed by atoms with Crippen LogP contribution in [0.25, 0.3) is 6.08 Å². The fraction of sp³-hybridized carbons (Fsp3) is 0.120. The number of amides is 1. The Morgan fingerprint density at radius 3 is 2.63 bits per heavy atom. The summed E-state index contributed by atoms with van der Waals surface area (Å²) in [5.74, 6) is -0.300. The molecule has 0 radical (unpaired) electrons. The van der Waals surface area contributed by atoms with E-state index in [9.17, 15) is 14.4 Å². The van der Waals surface area contributed by atoms with Crippen LogP contribution in [0.3, 0.4) is 0 Å². The third-order valence-electron chi connectivity index (χ3n) is 4.74. The Bertz CT molecular complexity index is 1150. The van der Waals surface area contributed by atoms with Crippen LogP contribution in [-0.4, -0.2) is 5.91 Å². The highest BCUT2D eigenvalue weighted by molar-refractivity contribution is 6.10. The molecular formula is C25H21FN2O2. The SMILES string of the molecule is Cc1cccc(NC(=O)/C(C#N)=C\c2cccc(OCc3ccccc3F)c2)c1C. The second-order valence-corrected chi connectivity index (χ2v) is 6.82. The average Bonchev–Trinajstić information content (AvgIpc) is 2.75. The van der Waals surface area contributed by atoms with Gasteiger partial charge < -0.3 is 10.1 Å². The van der Waals surface area contributed by atoms with Gasteiger partial charge in [-0.2, -0.15) is 5.26 Å². The van der Waals surface area contributed by atoms with E-state index >= 15 is 0 Å². The Labute approximate surface area is 175 Å². The maximum absolute atomic E-state index is 13.7. The van der Waals surface area contributed by atoms with Gasteiger partial charge in [0.1, 0.15) is 29.8 Å². The van der Waals surface area contributed by atoms with Gasteiger partial charge in [0.25, 0.3) is 5.91 Å². The van der Waals surface area contributed by atoms with Crippen LogP contribution in [0.15, 0.2) is 72.3 Å². The van der Waals surface area contributed by atoms with Crippen molar-refractivity contribution >= 4 is 17.7 Å². The first-order chi connectivity index (χ1) is 14.5. The van der Waals surface area contributed by atoms with Gasteiger partial charge in [0.2, 0.25) is 0 Å². The topological polar surface area (TPSA) is 62.1 Å². The van der Waals surface area contributed by atoms with Crippen LogP contribution in [0.4, 0.5) is 10.1 Å². The van der Waals surface area contributed by atoms with Crippen LogP contribution >= 0.6 is 0 Å². The number of carbonyl (C=O) groups excluding carboxylic acids is 1. The minimum Gasteiger partial charge on any atom is -0.489 e. The fourth-order valence-electron chi connectivity index (χ4n) is 2.86. The number of carbonyl (C=O) groups is 1. The first kappa shape index (κ1) is 20.8. The maximum Gasteiger partial charge on any atom is 0.266 e. The van der Waals surface area contributed by atoms with E-state index < -0.39 is 5.91 Å². The van der Waals surface area contributed by atoms with E-state index in [0.29, 0.717) is 22.6 Å². The highest BCUT2D eigenvalue weighted by Gasteiger charge is 2.12. The van der Waals surface area contributed by atoms with Crippen molar-refractivity contribution in [2.75, 3.05) is 5.32 Å². The van der Waals surface area contributed by atoms with E-state index in [1.807, 2.05) is 32.0 Å². The smallest absolute Gasteiger partial charge is 0.266 e. The van der Waals surface area contributed by atoms with Crippen molar-refractivity contribution in [2.24, 2.45) is 0 Å². The number of hydrogen-bond donors (Lipinski definition) is 1. The molecule has 0 unspecified atom stereocenters. The molecule has 4 nitrogen and oxygen atoms in total. The van der Waals surface area contributed by atoms with E-state index in [-0.39, 0.29) is 18.0 Å². The fourth-order valence-corrected chi connectivity index (χ4v) is 2.86. The van der Waals surface area contributed by atoms with Crippen molar-refractivity contribution in [3.63, 3.8) is 0 Å². The Kier molecular flexibility index (Phi) is 6.61. The molecule has 5 heteroatoms. The molecule has 0 fully saturated rings. The maximum atomic E-state index is 13.7. The minimum atomic E-state index is -0.483. The Hall–Kier alpha value is -3.91. The average molecular weight is 400 g/mol. The van der Waals surface area contributed by atoms with Gasteiger partial charge >= 0.3 is 0 Å². The summed E-state index contributed by atoms with van der Waals surface area (Å²) in [6, 6.07) is 20.9. The molecule has 0 aliphatic heterocycles. The van der Waals surface area contributed by atoms with Crippen molar-refractivity contribution < 1.29 is 13.9 Å². The molecule has 0 atom stereocenters. The summed E-state index contributed by atoms with van der Waals surface area (Å²) >= 11 is 0. The molecule has 3 rings (SSSR count). The quantitative estimate of drug-likeness (QED) is 0.435. The molecule has 3 aromatic rings. The molecular weight excluding hydrogens is 379 g/mol. The van der Waals surface area contributed by atoms with Crippen LogP contribution in [0, 0.1) is 31.0 Å². The Morgan fingerprint density at radius 1 is 1.10 bits per heavy atom. The first-order valence-electron chi connectivity index (χ1n) is 9.43. The van der Waals surface area contributed by atoms with Crippen molar-refractivity contribution in [3.8, 4) is 11.8 Å². The third-order valence-corrected chi connectivity index (χ3v) is 4.74. The van der Waals surface area contributed by atoms with Crippen molar-refractivity contribution in [1.29, 1.82) is 5.26 Å². The van der Waals surface area contributed by atoms with Gasteiger partial charge in [0.05, 0.1) is 0 Å². The number of ether oxygens (including phenoxy) is 1. The van der Waals surface area contributed by atoms with Gasteiger partial charge in [-0.3, -0.25) is 4.79 Å². The standard InChI is InChI=1S/C25H21FN2O2/c1-17-7-5-12-24(18(17)2)28-25(29)21(15-27)13-19-8-6-10-22(14-19)30-16-20-9-3-4-11-23(20)26/h3-14H,16H2,1-2H3,(H,28,29)/b21-13-. The van der Waals surface area contributed by atoms with E-state index in [1.165, 1.54) is 12.1 Å². The molecule has 0 saturated carbocycles. The number of benzene rings is 3. The summed E-state index contributed by atoms with van der Waals surface area (Å²) in [6.07, 6.45) is 1.50. The van der Waals surface area contributed by atoms with Gasteiger partial charge in [0.15, 0.2) is 0 Å². The van der Waals surface area contributed by atoms with Gasteiger partial charge in [-0.1, -0.05) is 42.5 Å². The van der Waals surface area contributed by atoms with Gasteiger partial charge in [-0.25, -0.2) is 4.39 Å². The van der Waals surface area contributed by atoms with Crippen LogP contribution in [-0.2, 0) is 11.4 Å². The molecule has 0 spiro atoms. The largest absolute Gasteiger partial charge is 0.489 e. The third kappa shape index (κ3) is 5.12. The summed E-state index contributed by atoms with van der Waals surface area (Å²) in [4.78, 5) is 12.6. The first-order valence-corrected chi connectivity index (χ1v) is 9.43. The number of nitriles is 1. The highest BCUT2D eigenvalue weighted by atomic mass is 19.1. The van der Waals surface area contributed by atoms with Crippen LogP contribution < -0.4 is 10.1 Å². The molecule has 0 heterocycles. The lowest BCUT2D eigenvalue weighted by Crippen LogP contribution is -2.14. The number of nitrogens with zero attached hydrogens (tertiary/aromatic N) is 1. The second kappa shape index (κ2) is 9.53. The number of aryl methyl sites for hydroxylation is 1. The molecule has 0 bridgehead atoms. The summed E-state index contributed by atoms with van der Waals surface area (Å²) in [7, 11) is 0. The van der Waals surface area contributed by atoms with Crippen molar-refractivity contribution in [2.45, 2.75) is 20.5 Å². The number of rotatable bonds is 6. The summed E-state index contributed by atoms with van der Waals surface area (Å²) in [6.45, 7) is 3.95. The molecule has 0 aliphatic carbocycles. The molecule has 0 saturated heterocycles. The number of nitrogens with one attached hydrogen (secondary N) is 1. The zero-order valence-corrected chi connectivity index (χ0v) is 16.8. The number of halogens is 1. The summed E-state index contributed by atoms with van der Waals surface area (Å²) < 4.78 is 19.4. The number of hydrogen-bond acceptors (Lipinski definition) is 3. The Balaban J connectivity index is 1.75. The highest BCUT2D eigenvalue weighted by Crippen LogP contribution is 2.21. The molecule has 150 valence electrons. The predicted octanol–water partition coefficient (Wildman–Crippen LogP) is 5.57. The van der Waals surface area contributed by atoms with Crippen LogP contribution in [0.1, 0.15) is 22.3 Å². The van der Waals surface area contributed by atoms with E-state index in [4.69, 9.17) is 4.74 Å². The number of anilines is 1. The second-order valence-electron chi connectivity index (χ2n) is 6.82. The zero-order chi connectivity index (χ0) is 21.5. The van der Waals surface area contributed by atoms with Crippen LogP contribution in [0.5, 0.6) is 5.75 Å². The van der Waals surface area contributed by atoms with E-state index in [2.05, 4.69) is 5.32 Å². The minimum absolute atomic E-state index is 0.0258. The molecule has 1 amide bonds. The van der Waals surface area contributed by atoms with E-state index in [0.717, 1.165) is 11.1 Å².